The van der Waals surface area contributed by atoms with E-state index in [-0.39, 0.29) is 30.9 Å². The van der Waals surface area contributed by atoms with Crippen LogP contribution in [0, 0.1) is 5.92 Å². The molecule has 1 unspecified atom stereocenters. The van der Waals surface area contributed by atoms with E-state index >= 15 is 0 Å². The normalized spacial score (nSPS) is 18.6. The van der Waals surface area contributed by atoms with Crippen LogP contribution in [0.25, 0.3) is 0 Å². The molecule has 0 radical (unpaired) electrons. The molecule has 2 aliphatic heterocycles. The largest absolute Gasteiger partial charge is 0.445 e. The highest BCUT2D eigenvalue weighted by Crippen LogP contribution is 2.28. The second kappa shape index (κ2) is 11.3. The van der Waals surface area contributed by atoms with Crippen molar-refractivity contribution >= 4 is 46.9 Å². The number of ether oxygens (including phenoxy) is 1. The van der Waals surface area contributed by atoms with E-state index in [0.29, 0.717) is 54.9 Å². The zero-order valence-electron chi connectivity index (χ0n) is 19.5. The summed E-state index contributed by atoms with van der Waals surface area (Å²) in [6.45, 7) is 3.83. The number of hydrogen-bond donors (Lipinski definition) is 0. The van der Waals surface area contributed by atoms with Gasteiger partial charge in [0.15, 0.2) is 0 Å². The van der Waals surface area contributed by atoms with Gasteiger partial charge < -0.3 is 14.5 Å². The van der Waals surface area contributed by atoms with Crippen molar-refractivity contribution in [3.63, 3.8) is 0 Å². The maximum Gasteiger partial charge on any atom is 0.410 e. The van der Waals surface area contributed by atoms with Gasteiger partial charge in [0, 0.05) is 54.9 Å². The topological polar surface area (TPSA) is 83.1 Å². The molecule has 0 N–H and O–H groups in total. The van der Waals surface area contributed by atoms with E-state index in [1.807, 2.05) is 17.9 Å². The zero-order valence-corrected chi connectivity index (χ0v) is 21.0. The molecule has 3 amide bonds. The van der Waals surface area contributed by atoms with Gasteiger partial charge in [0.2, 0.25) is 11.8 Å². The Hall–Kier alpha value is -2.84. The highest BCUT2D eigenvalue weighted by molar-refractivity contribution is 6.34. The molecule has 4 rings (SSSR count). The number of anilines is 1. The molecule has 1 aromatic carbocycles. The number of pyridine rings is 1. The van der Waals surface area contributed by atoms with Crippen LogP contribution in [-0.4, -0.2) is 64.9 Å². The van der Waals surface area contributed by atoms with Crippen molar-refractivity contribution in [1.29, 1.82) is 0 Å². The van der Waals surface area contributed by atoms with Crippen molar-refractivity contribution < 1.29 is 19.1 Å². The molecule has 0 spiro atoms. The van der Waals surface area contributed by atoms with Crippen molar-refractivity contribution in [2.75, 3.05) is 31.1 Å². The quantitative estimate of drug-likeness (QED) is 0.566. The average Bonchev–Trinajstić information content (AvgIpc) is 3.24. The number of likely N-dealkylation sites (tertiary alicyclic amines) is 2. The lowest BCUT2D eigenvalue weighted by atomic mass is 10.0. The molecule has 2 fully saturated rings. The minimum Gasteiger partial charge on any atom is -0.445 e. The Morgan fingerprint density at radius 2 is 1.86 bits per heavy atom. The van der Waals surface area contributed by atoms with Gasteiger partial charge >= 0.3 is 6.09 Å². The molecular weight excluding hydrogens is 491 g/mol. The number of nitrogens with zero attached hydrogens (tertiary/aromatic N) is 4. The highest BCUT2D eigenvalue weighted by Gasteiger charge is 2.41. The van der Waals surface area contributed by atoms with Crippen LogP contribution in [-0.2, 0) is 20.9 Å². The summed E-state index contributed by atoms with van der Waals surface area (Å²) < 4.78 is 5.42. The van der Waals surface area contributed by atoms with Gasteiger partial charge in [0.25, 0.3) is 0 Å². The second-order valence-corrected chi connectivity index (χ2v) is 9.64. The first-order valence-corrected chi connectivity index (χ1v) is 12.5. The molecule has 0 bridgehead atoms. The smallest absolute Gasteiger partial charge is 0.410 e. The number of halogens is 2. The fourth-order valence-corrected chi connectivity index (χ4v) is 5.28. The fraction of sp³-hybridized carbons (Fsp3) is 0.440. The maximum absolute atomic E-state index is 13.1. The number of amides is 3. The lowest BCUT2D eigenvalue weighted by molar-refractivity contribution is -0.130. The molecule has 3 heterocycles. The van der Waals surface area contributed by atoms with Crippen LogP contribution in [0.3, 0.4) is 0 Å². The number of rotatable bonds is 6. The van der Waals surface area contributed by atoms with E-state index < -0.39 is 12.0 Å². The lowest BCUT2D eigenvalue weighted by Gasteiger charge is -2.36. The number of carbonyl (C=O) groups is 3. The van der Waals surface area contributed by atoms with Crippen LogP contribution in [0.5, 0.6) is 0 Å². The van der Waals surface area contributed by atoms with E-state index in [9.17, 15) is 14.4 Å². The first kappa shape index (κ1) is 25.3. The molecule has 1 aromatic heterocycles. The molecule has 8 nitrogen and oxygen atoms in total. The summed E-state index contributed by atoms with van der Waals surface area (Å²) in [6.07, 6.45) is 2.73. The van der Waals surface area contributed by atoms with E-state index in [2.05, 4.69) is 4.98 Å². The van der Waals surface area contributed by atoms with Crippen molar-refractivity contribution in [3.05, 3.63) is 58.2 Å². The first-order chi connectivity index (χ1) is 16.9. The molecule has 186 valence electrons. The monoisotopic (exact) mass is 518 g/mol. The Morgan fingerprint density at radius 1 is 1.14 bits per heavy atom. The van der Waals surface area contributed by atoms with Gasteiger partial charge in [-0.2, -0.15) is 0 Å². The minimum absolute atomic E-state index is 0.000938. The van der Waals surface area contributed by atoms with Gasteiger partial charge in [-0.1, -0.05) is 29.3 Å². The highest BCUT2D eigenvalue weighted by atomic mass is 35.5. The van der Waals surface area contributed by atoms with E-state index in [0.717, 1.165) is 5.56 Å². The van der Waals surface area contributed by atoms with Crippen molar-refractivity contribution in [3.8, 4) is 0 Å². The van der Waals surface area contributed by atoms with Crippen LogP contribution in [0.4, 0.5) is 10.6 Å². The van der Waals surface area contributed by atoms with Gasteiger partial charge in [-0.05, 0) is 55.7 Å². The molecule has 2 aromatic rings. The number of piperidine rings is 1. The van der Waals surface area contributed by atoms with Crippen LogP contribution >= 0.6 is 23.2 Å². The molecular formula is C25H28Cl2N4O4. The summed E-state index contributed by atoms with van der Waals surface area (Å²) in [6, 6.07) is 10.5. The van der Waals surface area contributed by atoms with Gasteiger partial charge in [-0.25, -0.2) is 9.78 Å². The third-order valence-electron chi connectivity index (χ3n) is 6.46. The third kappa shape index (κ3) is 6.05. The summed E-state index contributed by atoms with van der Waals surface area (Å²) in [4.78, 5) is 47.8. The number of carbonyl (C=O) groups excluding carboxylic acids is 3. The van der Waals surface area contributed by atoms with Gasteiger partial charge in [-0.15, -0.1) is 0 Å². The van der Waals surface area contributed by atoms with Gasteiger partial charge in [0.05, 0.1) is 5.92 Å². The van der Waals surface area contributed by atoms with Crippen molar-refractivity contribution in [1.82, 2.24) is 14.8 Å². The fourth-order valence-electron chi connectivity index (χ4n) is 4.71. The van der Waals surface area contributed by atoms with Crippen LogP contribution < -0.4 is 4.90 Å². The first-order valence-electron chi connectivity index (χ1n) is 11.7. The maximum atomic E-state index is 13.1. The molecule has 0 saturated carbocycles. The Kier molecular flexibility index (Phi) is 8.13. The van der Waals surface area contributed by atoms with Crippen LogP contribution in [0.2, 0.25) is 10.0 Å². The number of benzene rings is 1. The Bertz CT molecular complexity index is 1060. The van der Waals surface area contributed by atoms with Crippen LogP contribution in [0.1, 0.15) is 31.7 Å². The summed E-state index contributed by atoms with van der Waals surface area (Å²) in [5.41, 5.74) is 0.718. The van der Waals surface area contributed by atoms with Gasteiger partial charge in [-0.3, -0.25) is 14.5 Å². The molecule has 35 heavy (non-hydrogen) atoms. The Morgan fingerprint density at radius 3 is 2.49 bits per heavy atom. The molecule has 10 heteroatoms. The predicted octanol–water partition coefficient (Wildman–Crippen LogP) is 4.39. The Balaban J connectivity index is 1.28. The molecule has 2 saturated heterocycles. The lowest BCUT2D eigenvalue weighted by Crippen LogP contribution is -2.47. The third-order valence-corrected chi connectivity index (χ3v) is 6.90. The molecule has 1 atom stereocenters. The van der Waals surface area contributed by atoms with Crippen molar-refractivity contribution in [2.45, 2.75) is 38.8 Å². The van der Waals surface area contributed by atoms with E-state index in [1.54, 1.807) is 46.3 Å². The number of aromatic nitrogens is 1. The summed E-state index contributed by atoms with van der Waals surface area (Å²) in [5, 5.41) is 0.969. The molecule has 2 aliphatic rings. The van der Waals surface area contributed by atoms with E-state index in [1.165, 1.54) is 0 Å². The summed E-state index contributed by atoms with van der Waals surface area (Å²) in [5.74, 6) is 0.109. The SMILES string of the molecule is CCN(C(=O)C1CC(=O)N(C2CCN(C(=O)OCc3cc(Cl)cc(Cl)c3)CC2)C1)c1ccccn1. The van der Waals surface area contributed by atoms with Crippen LogP contribution in [0.15, 0.2) is 42.6 Å². The minimum atomic E-state index is -0.408. The van der Waals surface area contributed by atoms with E-state index in [4.69, 9.17) is 27.9 Å². The van der Waals surface area contributed by atoms with Gasteiger partial charge in [0.1, 0.15) is 12.4 Å². The second-order valence-electron chi connectivity index (χ2n) is 8.77. The zero-order chi connectivity index (χ0) is 24.9. The number of hydrogen-bond acceptors (Lipinski definition) is 5. The van der Waals surface area contributed by atoms with Crippen molar-refractivity contribution in [2.24, 2.45) is 5.92 Å². The Labute approximate surface area is 214 Å². The summed E-state index contributed by atoms with van der Waals surface area (Å²) in [7, 11) is 0. The summed E-state index contributed by atoms with van der Waals surface area (Å²) >= 11 is 12.0. The molecule has 0 aliphatic carbocycles. The standard InChI is InChI=1S/C25H28Cl2N4O4/c1-2-30(22-5-3-4-8-28-22)24(33)18-13-23(32)31(15-18)21-6-9-29(10-7-21)25(34)35-16-17-11-19(26)14-20(27)12-17/h3-5,8,11-12,14,18,21H,2,6-7,9-10,13,15-16H2,1H3. The average molecular weight is 519 g/mol. The predicted molar refractivity (Wildman–Crippen MR) is 133 cm³/mol.